The number of furan rings is 1. The first-order valence-electron chi connectivity index (χ1n) is 19.3. The third-order valence-corrected chi connectivity index (χ3v) is 12.3. The molecule has 0 bridgehead atoms. The van der Waals surface area contributed by atoms with Crippen molar-refractivity contribution < 1.29 is 4.42 Å². The van der Waals surface area contributed by atoms with E-state index in [9.17, 15) is 0 Å². The van der Waals surface area contributed by atoms with Gasteiger partial charge in [-0.05, 0) is 64.2 Å². The molecular formula is C54H35NOS. The predicted octanol–water partition coefficient (Wildman–Crippen LogP) is 16.1. The van der Waals surface area contributed by atoms with Gasteiger partial charge in [0.25, 0.3) is 0 Å². The molecule has 3 heteroatoms. The molecule has 2 nitrogen and oxygen atoms in total. The van der Waals surface area contributed by atoms with Gasteiger partial charge < -0.3 is 9.32 Å². The molecule has 57 heavy (non-hydrogen) atoms. The fraction of sp³-hybridized carbons (Fsp3) is 0. The van der Waals surface area contributed by atoms with Crippen molar-refractivity contribution in [2.45, 2.75) is 0 Å². The summed E-state index contributed by atoms with van der Waals surface area (Å²) < 4.78 is 9.12. The van der Waals surface area contributed by atoms with Crippen LogP contribution in [-0.2, 0) is 0 Å². The fourth-order valence-corrected chi connectivity index (χ4v) is 9.78. The summed E-state index contributed by atoms with van der Waals surface area (Å²) in [5, 5.41) is 4.80. The molecule has 2 aromatic heterocycles. The van der Waals surface area contributed by atoms with Crippen LogP contribution in [0.4, 0.5) is 17.1 Å². The number of para-hydroxylation sites is 3. The van der Waals surface area contributed by atoms with Gasteiger partial charge in [0.2, 0.25) is 0 Å². The van der Waals surface area contributed by atoms with Crippen LogP contribution in [0.2, 0.25) is 0 Å². The van der Waals surface area contributed by atoms with Crippen LogP contribution >= 0.6 is 11.3 Å². The molecule has 0 unspecified atom stereocenters. The average Bonchev–Trinajstić information content (AvgIpc) is 3.86. The van der Waals surface area contributed by atoms with Gasteiger partial charge in [-0.3, -0.25) is 0 Å². The lowest BCUT2D eigenvalue weighted by molar-refractivity contribution is 0.669. The number of hydrogen-bond acceptors (Lipinski definition) is 3. The Morgan fingerprint density at radius 3 is 1.60 bits per heavy atom. The summed E-state index contributed by atoms with van der Waals surface area (Å²) >= 11 is 1.86. The minimum Gasteiger partial charge on any atom is -0.456 e. The molecule has 2 heterocycles. The molecule has 0 N–H and O–H groups in total. The van der Waals surface area contributed by atoms with Crippen molar-refractivity contribution in [3.63, 3.8) is 0 Å². The van der Waals surface area contributed by atoms with Crippen molar-refractivity contribution in [1.29, 1.82) is 0 Å². The number of hydrogen-bond donors (Lipinski definition) is 0. The molecule has 0 radical (unpaired) electrons. The summed E-state index contributed by atoms with van der Waals surface area (Å²) in [6.07, 6.45) is 0. The molecule has 11 rings (SSSR count). The van der Waals surface area contributed by atoms with E-state index in [1.165, 1.54) is 48.0 Å². The summed E-state index contributed by atoms with van der Waals surface area (Å²) in [6, 6.07) is 76.4. The summed E-state index contributed by atoms with van der Waals surface area (Å²) in [5.41, 5.74) is 14.4. The molecule has 0 fully saturated rings. The minimum absolute atomic E-state index is 0.859. The molecular weight excluding hydrogens is 711 g/mol. The molecule has 0 aliphatic rings. The van der Waals surface area contributed by atoms with E-state index in [0.717, 1.165) is 55.7 Å². The summed E-state index contributed by atoms with van der Waals surface area (Å²) in [4.78, 5) is 2.43. The molecule has 0 atom stereocenters. The van der Waals surface area contributed by atoms with Gasteiger partial charge in [0.05, 0.1) is 11.4 Å². The van der Waals surface area contributed by atoms with E-state index in [1.807, 2.05) is 23.5 Å². The maximum Gasteiger partial charge on any atom is 0.137 e. The highest BCUT2D eigenvalue weighted by atomic mass is 32.1. The third-order valence-electron chi connectivity index (χ3n) is 11.1. The van der Waals surface area contributed by atoms with Gasteiger partial charge in [-0.25, -0.2) is 0 Å². The van der Waals surface area contributed by atoms with Crippen LogP contribution in [0.15, 0.2) is 217 Å². The third kappa shape index (κ3) is 5.63. The highest BCUT2D eigenvalue weighted by molar-refractivity contribution is 7.26. The molecule has 268 valence electrons. The first-order valence-corrected chi connectivity index (χ1v) is 20.2. The van der Waals surface area contributed by atoms with Crippen molar-refractivity contribution in [2.75, 3.05) is 4.90 Å². The first-order chi connectivity index (χ1) is 28.3. The van der Waals surface area contributed by atoms with E-state index in [2.05, 4.69) is 205 Å². The van der Waals surface area contributed by atoms with Crippen LogP contribution < -0.4 is 4.90 Å². The van der Waals surface area contributed by atoms with Crippen LogP contribution in [0.3, 0.4) is 0 Å². The van der Waals surface area contributed by atoms with Gasteiger partial charge in [-0.1, -0.05) is 170 Å². The van der Waals surface area contributed by atoms with Crippen molar-refractivity contribution in [3.8, 4) is 44.5 Å². The highest BCUT2D eigenvalue weighted by Crippen LogP contribution is 2.50. The molecule has 0 aliphatic carbocycles. The molecule has 0 spiro atoms. The topological polar surface area (TPSA) is 16.4 Å². The number of fused-ring (bicyclic) bond motifs is 6. The molecule has 0 amide bonds. The number of rotatable bonds is 7. The van der Waals surface area contributed by atoms with Gasteiger partial charge >= 0.3 is 0 Å². The van der Waals surface area contributed by atoms with Crippen molar-refractivity contribution in [1.82, 2.24) is 0 Å². The maximum atomic E-state index is 6.54. The molecule has 0 saturated carbocycles. The highest BCUT2D eigenvalue weighted by Gasteiger charge is 2.24. The SMILES string of the molecule is c1ccc(-c2ccccc2-c2ccccc2-c2ccccc2N(c2ccc3c(c2)oc2ccccc23)c2ccccc2-c2cccc3c2sc2ccccc23)cc1. The Bertz CT molecular complexity index is 3260. The fourth-order valence-electron chi connectivity index (χ4n) is 8.55. The molecule has 11 aromatic rings. The summed E-state index contributed by atoms with van der Waals surface area (Å²) in [7, 11) is 0. The lowest BCUT2D eigenvalue weighted by Crippen LogP contribution is -2.12. The Hall–Kier alpha value is -7.20. The van der Waals surface area contributed by atoms with E-state index >= 15 is 0 Å². The van der Waals surface area contributed by atoms with E-state index in [1.54, 1.807) is 0 Å². The van der Waals surface area contributed by atoms with Gasteiger partial charge in [0, 0.05) is 59.4 Å². The lowest BCUT2D eigenvalue weighted by atomic mass is 9.88. The summed E-state index contributed by atoms with van der Waals surface area (Å²) in [6.45, 7) is 0. The van der Waals surface area contributed by atoms with E-state index in [4.69, 9.17) is 4.42 Å². The minimum atomic E-state index is 0.859. The zero-order chi connectivity index (χ0) is 37.7. The zero-order valence-corrected chi connectivity index (χ0v) is 31.8. The monoisotopic (exact) mass is 745 g/mol. The van der Waals surface area contributed by atoms with Gasteiger partial charge in [0.1, 0.15) is 11.2 Å². The molecule has 0 aliphatic heterocycles. The van der Waals surface area contributed by atoms with Gasteiger partial charge in [-0.15, -0.1) is 11.3 Å². The van der Waals surface area contributed by atoms with E-state index < -0.39 is 0 Å². The Balaban J connectivity index is 1.17. The van der Waals surface area contributed by atoms with Crippen LogP contribution in [-0.4, -0.2) is 0 Å². The zero-order valence-electron chi connectivity index (χ0n) is 31.0. The van der Waals surface area contributed by atoms with Crippen LogP contribution in [0.1, 0.15) is 0 Å². The second kappa shape index (κ2) is 13.8. The smallest absolute Gasteiger partial charge is 0.137 e. The quantitative estimate of drug-likeness (QED) is 0.162. The largest absolute Gasteiger partial charge is 0.456 e. The predicted molar refractivity (Wildman–Crippen MR) is 243 cm³/mol. The van der Waals surface area contributed by atoms with Crippen molar-refractivity contribution >= 4 is 70.5 Å². The second-order valence-electron chi connectivity index (χ2n) is 14.4. The average molecular weight is 746 g/mol. The second-order valence-corrected chi connectivity index (χ2v) is 15.4. The first kappa shape index (κ1) is 33.2. The van der Waals surface area contributed by atoms with E-state index in [0.29, 0.717) is 0 Å². The van der Waals surface area contributed by atoms with Crippen LogP contribution in [0.5, 0.6) is 0 Å². The lowest BCUT2D eigenvalue weighted by Gasteiger charge is -2.30. The Morgan fingerprint density at radius 2 is 0.842 bits per heavy atom. The maximum absolute atomic E-state index is 6.54. The molecule has 0 saturated heterocycles. The van der Waals surface area contributed by atoms with Crippen molar-refractivity contribution in [2.24, 2.45) is 0 Å². The summed E-state index contributed by atoms with van der Waals surface area (Å²) in [5.74, 6) is 0. The van der Waals surface area contributed by atoms with Crippen molar-refractivity contribution in [3.05, 3.63) is 212 Å². The number of benzene rings is 9. The van der Waals surface area contributed by atoms with Gasteiger partial charge in [0.15, 0.2) is 0 Å². The Labute approximate surface area is 335 Å². The normalized spacial score (nSPS) is 11.5. The number of anilines is 3. The Kier molecular flexibility index (Phi) is 8.04. The van der Waals surface area contributed by atoms with E-state index in [-0.39, 0.29) is 0 Å². The van der Waals surface area contributed by atoms with Crippen LogP contribution in [0.25, 0.3) is 86.6 Å². The Morgan fingerprint density at radius 1 is 0.333 bits per heavy atom. The standard InChI is InChI=1S/C54H35NOS/c1-2-17-36(18-3-1)38-19-4-5-20-39(38)40-21-6-7-22-41(40)42-23-8-12-29-49(42)55(37-33-34-45-44-25-10-14-31-51(44)56-52(45)35-37)50-30-13-9-24-43(50)47-27-16-28-48-46-26-11-15-32-53(46)57-54(47)48/h1-35H. The molecule has 9 aromatic carbocycles. The van der Waals surface area contributed by atoms with Crippen LogP contribution in [0, 0.1) is 0 Å². The van der Waals surface area contributed by atoms with Gasteiger partial charge in [-0.2, -0.15) is 0 Å². The number of thiophene rings is 1. The number of nitrogens with zero attached hydrogens (tertiary/aromatic N) is 1.